The molecule has 0 N–H and O–H groups in total. The Kier molecular flexibility index (Phi) is 9.84. The van der Waals surface area contributed by atoms with E-state index in [0.29, 0.717) is 43.7 Å². The molecule has 6 rings (SSSR count). The van der Waals surface area contributed by atoms with Crippen LogP contribution in [0.4, 0.5) is 4.79 Å². The number of fused-ring (bicyclic) bond motifs is 2. The highest BCUT2D eigenvalue weighted by molar-refractivity contribution is 6.05. The number of hydrogen-bond donors (Lipinski definition) is 0. The normalized spacial score (nSPS) is 19.8. The van der Waals surface area contributed by atoms with Crippen molar-refractivity contribution in [2.75, 3.05) is 32.8 Å². The first-order valence-corrected chi connectivity index (χ1v) is 17.7. The van der Waals surface area contributed by atoms with Crippen LogP contribution in [-0.4, -0.2) is 70.6 Å². The number of Topliss-reactive ketones (excluding diaryl/α,β-unsaturated/α-hetero) is 1. The second-order valence-corrected chi connectivity index (χ2v) is 14.9. The minimum Gasteiger partial charge on any atom is -0.462 e. The van der Waals surface area contributed by atoms with Crippen molar-refractivity contribution in [1.82, 2.24) is 14.4 Å². The maximum atomic E-state index is 15.2. The van der Waals surface area contributed by atoms with E-state index in [1.165, 1.54) is 30.4 Å². The Bertz CT molecular complexity index is 1690. The third-order valence-electron chi connectivity index (χ3n) is 10.5. The molecule has 1 fully saturated rings. The van der Waals surface area contributed by atoms with Crippen molar-refractivity contribution in [2.45, 2.75) is 85.3 Å². The summed E-state index contributed by atoms with van der Waals surface area (Å²) in [6, 6.07) is 14.6. The number of rotatable bonds is 7. The minimum absolute atomic E-state index is 0.134. The summed E-state index contributed by atoms with van der Waals surface area (Å²) < 4.78 is 13.1. The lowest BCUT2D eigenvalue weighted by Crippen LogP contribution is -2.42. The van der Waals surface area contributed by atoms with E-state index in [0.717, 1.165) is 54.1 Å². The van der Waals surface area contributed by atoms with Crippen LogP contribution in [0.2, 0.25) is 0 Å². The zero-order valence-electron chi connectivity index (χ0n) is 29.6. The summed E-state index contributed by atoms with van der Waals surface area (Å²) in [6.07, 6.45) is 5.59. The molecule has 0 radical (unpaired) electrons. The number of carbonyl (C=O) groups is 3. The Morgan fingerprint density at radius 1 is 0.875 bits per heavy atom. The molecule has 1 unspecified atom stereocenters. The first kappa shape index (κ1) is 34.0. The molecular formula is C40H51N3O5. The number of ether oxygens (including phenoxy) is 2. The third kappa shape index (κ3) is 7.09. The van der Waals surface area contributed by atoms with Crippen molar-refractivity contribution < 1.29 is 23.9 Å². The fourth-order valence-electron chi connectivity index (χ4n) is 7.84. The van der Waals surface area contributed by atoms with Crippen molar-refractivity contribution in [3.8, 4) is 11.3 Å². The fourth-order valence-corrected chi connectivity index (χ4v) is 7.84. The SMILES string of the molecule is CCOC(=O)c1cc(-c2cc3c(cc2C(=O)C2Cc4ccccc4C[C@H]2CN2CCCCC2)CN(C(=O)OC(C)(C)C)CC3)n(C)c1C. The van der Waals surface area contributed by atoms with Gasteiger partial charge in [-0.2, -0.15) is 0 Å². The Morgan fingerprint density at radius 2 is 1.58 bits per heavy atom. The van der Waals surface area contributed by atoms with E-state index < -0.39 is 5.60 Å². The highest BCUT2D eigenvalue weighted by atomic mass is 16.6. The first-order chi connectivity index (χ1) is 22.9. The molecule has 1 aromatic heterocycles. The molecule has 3 aromatic rings. The summed E-state index contributed by atoms with van der Waals surface area (Å²) in [5, 5.41) is 0. The van der Waals surface area contributed by atoms with Gasteiger partial charge in [-0.15, -0.1) is 0 Å². The number of benzene rings is 2. The Morgan fingerprint density at radius 3 is 2.27 bits per heavy atom. The van der Waals surface area contributed by atoms with Gasteiger partial charge in [-0.3, -0.25) is 4.79 Å². The van der Waals surface area contributed by atoms with Gasteiger partial charge in [-0.1, -0.05) is 30.7 Å². The maximum Gasteiger partial charge on any atom is 0.410 e. The second kappa shape index (κ2) is 13.9. The number of piperidine rings is 1. The molecule has 1 amide bonds. The predicted octanol–water partition coefficient (Wildman–Crippen LogP) is 7.17. The van der Waals surface area contributed by atoms with Gasteiger partial charge in [0.05, 0.1) is 12.2 Å². The number of amides is 1. The van der Waals surface area contributed by atoms with Crippen molar-refractivity contribution in [2.24, 2.45) is 18.9 Å². The van der Waals surface area contributed by atoms with Crippen LogP contribution in [0.1, 0.15) is 95.6 Å². The molecule has 8 nitrogen and oxygen atoms in total. The van der Waals surface area contributed by atoms with Crippen LogP contribution in [0.3, 0.4) is 0 Å². The molecule has 256 valence electrons. The van der Waals surface area contributed by atoms with Crippen LogP contribution in [0, 0.1) is 18.8 Å². The lowest BCUT2D eigenvalue weighted by atomic mass is 9.71. The van der Waals surface area contributed by atoms with Gasteiger partial charge < -0.3 is 23.8 Å². The summed E-state index contributed by atoms with van der Waals surface area (Å²) in [6.45, 7) is 13.6. The summed E-state index contributed by atoms with van der Waals surface area (Å²) in [5.41, 5.74) is 7.70. The first-order valence-electron chi connectivity index (χ1n) is 17.7. The van der Waals surface area contributed by atoms with E-state index in [4.69, 9.17) is 9.47 Å². The average molecular weight is 654 g/mol. The van der Waals surface area contributed by atoms with Crippen molar-refractivity contribution in [1.29, 1.82) is 0 Å². The molecule has 1 aliphatic carbocycles. The van der Waals surface area contributed by atoms with Gasteiger partial charge in [0.2, 0.25) is 0 Å². The van der Waals surface area contributed by atoms with Crippen molar-refractivity contribution in [3.05, 3.63) is 81.5 Å². The van der Waals surface area contributed by atoms with Crippen LogP contribution in [-0.2, 0) is 42.3 Å². The number of hydrogen-bond acceptors (Lipinski definition) is 6. The molecule has 3 aliphatic rings. The van der Waals surface area contributed by atoms with Crippen LogP contribution < -0.4 is 0 Å². The summed E-state index contributed by atoms with van der Waals surface area (Å²) in [7, 11) is 1.95. The van der Waals surface area contributed by atoms with Crippen LogP contribution in [0.15, 0.2) is 42.5 Å². The molecule has 8 heteroatoms. The smallest absolute Gasteiger partial charge is 0.410 e. The molecule has 1 saturated heterocycles. The predicted molar refractivity (Wildman–Crippen MR) is 187 cm³/mol. The standard InChI is InChI=1S/C40H51N3O5/c1-7-47-38(45)32-23-36(41(6)26(32)2)34-21-29-15-18-43(39(46)48-40(3,4)5)25-30(29)22-35(34)37(44)33-20-28-14-10-9-13-27(28)19-31(33)24-42-16-11-8-12-17-42/h9-10,13-14,21-23,31,33H,7-8,11-12,15-20,24-25H2,1-6H3/t31-,33?/m0/s1. The summed E-state index contributed by atoms with van der Waals surface area (Å²) in [5.74, 6) is -0.218. The van der Waals surface area contributed by atoms with E-state index in [2.05, 4.69) is 35.2 Å². The van der Waals surface area contributed by atoms with Crippen molar-refractivity contribution in [3.63, 3.8) is 0 Å². The monoisotopic (exact) mass is 653 g/mol. The van der Waals surface area contributed by atoms with Gasteiger partial charge in [0.1, 0.15) is 5.60 Å². The van der Waals surface area contributed by atoms with Gasteiger partial charge in [-0.25, -0.2) is 9.59 Å². The highest BCUT2D eigenvalue weighted by Gasteiger charge is 2.37. The second-order valence-electron chi connectivity index (χ2n) is 14.9. The van der Waals surface area contributed by atoms with Gasteiger partial charge in [-0.05, 0) is 126 Å². The number of nitrogens with zero attached hydrogens (tertiary/aromatic N) is 3. The quantitative estimate of drug-likeness (QED) is 0.199. The molecule has 2 aromatic carbocycles. The zero-order valence-corrected chi connectivity index (χ0v) is 29.6. The number of aromatic nitrogens is 1. The number of carbonyl (C=O) groups excluding carboxylic acids is 3. The summed E-state index contributed by atoms with van der Waals surface area (Å²) in [4.78, 5) is 45.5. The molecule has 3 heterocycles. The fraction of sp³-hybridized carbons (Fsp3) is 0.525. The molecule has 0 spiro atoms. The molecule has 2 atom stereocenters. The number of ketones is 1. The minimum atomic E-state index is -0.593. The van der Waals surface area contributed by atoms with E-state index in [1.807, 2.05) is 51.4 Å². The Labute approximate surface area is 285 Å². The molecular weight excluding hydrogens is 602 g/mol. The van der Waals surface area contributed by atoms with E-state index in [-0.39, 0.29) is 29.7 Å². The van der Waals surface area contributed by atoms with Crippen molar-refractivity contribution >= 4 is 17.8 Å². The van der Waals surface area contributed by atoms with Gasteiger partial charge in [0.15, 0.2) is 5.78 Å². The largest absolute Gasteiger partial charge is 0.462 e. The van der Waals surface area contributed by atoms with Crippen LogP contribution in [0.25, 0.3) is 11.3 Å². The van der Waals surface area contributed by atoms with Crippen LogP contribution in [0.5, 0.6) is 0 Å². The number of likely N-dealkylation sites (tertiary alicyclic amines) is 1. The zero-order chi connectivity index (χ0) is 34.2. The number of esters is 1. The molecule has 48 heavy (non-hydrogen) atoms. The maximum absolute atomic E-state index is 15.2. The Hall–Kier alpha value is -3.91. The van der Waals surface area contributed by atoms with Gasteiger partial charge in [0, 0.05) is 55.1 Å². The lowest BCUT2D eigenvalue weighted by molar-refractivity contribution is 0.0223. The highest BCUT2D eigenvalue weighted by Crippen LogP contribution is 2.39. The molecule has 0 bridgehead atoms. The van der Waals surface area contributed by atoms with Gasteiger partial charge >= 0.3 is 12.1 Å². The van der Waals surface area contributed by atoms with E-state index in [1.54, 1.807) is 11.8 Å². The lowest BCUT2D eigenvalue weighted by Gasteiger charge is -2.37. The molecule has 0 saturated carbocycles. The van der Waals surface area contributed by atoms with Gasteiger partial charge in [0.25, 0.3) is 0 Å². The third-order valence-corrected chi connectivity index (χ3v) is 10.5. The van der Waals surface area contributed by atoms with E-state index in [9.17, 15) is 9.59 Å². The summed E-state index contributed by atoms with van der Waals surface area (Å²) >= 11 is 0. The molecule has 2 aliphatic heterocycles. The van der Waals surface area contributed by atoms with Crippen LogP contribution >= 0.6 is 0 Å². The average Bonchev–Trinajstić information content (AvgIpc) is 3.36. The van der Waals surface area contributed by atoms with E-state index >= 15 is 4.79 Å². The Balaban J connectivity index is 1.43. The topological polar surface area (TPSA) is 81.1 Å².